The Morgan fingerprint density at radius 2 is 1.22 bits per heavy atom. The monoisotopic (exact) mass is 400 g/mol. The van der Waals surface area contributed by atoms with Gasteiger partial charge in [0.2, 0.25) is 0 Å². The SMILES string of the molecule is CCCCSc1ccc2c(c1)OCCOCCOCCOCCOCCO2. The first-order chi connectivity index (χ1) is 13.4. The minimum Gasteiger partial charge on any atom is -0.487 e. The summed E-state index contributed by atoms with van der Waals surface area (Å²) in [6, 6.07) is 6.10. The maximum atomic E-state index is 5.92. The molecule has 2 rings (SSSR count). The first-order valence-corrected chi connectivity index (χ1v) is 10.7. The van der Waals surface area contributed by atoms with E-state index in [0.717, 1.165) is 17.3 Å². The van der Waals surface area contributed by atoms with Crippen molar-refractivity contribution < 1.29 is 28.4 Å². The predicted octanol–water partition coefficient (Wildman–Crippen LogP) is 3.42. The summed E-state index contributed by atoms with van der Waals surface area (Å²) in [4.78, 5) is 1.19. The van der Waals surface area contributed by atoms with Gasteiger partial charge in [0.05, 0.1) is 52.9 Å². The summed E-state index contributed by atoms with van der Waals surface area (Å²) in [5.41, 5.74) is 0. The van der Waals surface area contributed by atoms with Gasteiger partial charge in [0, 0.05) is 4.90 Å². The van der Waals surface area contributed by atoms with Crippen molar-refractivity contribution >= 4 is 11.8 Å². The molecule has 0 aromatic heterocycles. The Kier molecular flexibility index (Phi) is 12.4. The lowest BCUT2D eigenvalue weighted by Crippen LogP contribution is -2.16. The standard InChI is InChI=1S/C20H32O6S/c1-2-3-16-27-18-4-5-19-20(17-18)26-15-13-24-11-9-22-7-6-21-8-10-23-12-14-25-19/h4-5,17H,2-3,6-16H2,1H3. The molecule has 27 heavy (non-hydrogen) atoms. The molecule has 0 spiro atoms. The van der Waals surface area contributed by atoms with Crippen LogP contribution in [0.15, 0.2) is 23.1 Å². The van der Waals surface area contributed by atoms with Crippen molar-refractivity contribution in [2.75, 3.05) is 71.8 Å². The summed E-state index contributed by atoms with van der Waals surface area (Å²) >= 11 is 1.84. The fourth-order valence-electron chi connectivity index (χ4n) is 2.33. The predicted molar refractivity (Wildman–Crippen MR) is 106 cm³/mol. The molecular weight excluding hydrogens is 368 g/mol. The molecule has 1 aromatic carbocycles. The average molecular weight is 401 g/mol. The van der Waals surface area contributed by atoms with Crippen LogP contribution in [0.3, 0.4) is 0 Å². The summed E-state index contributed by atoms with van der Waals surface area (Å²) in [7, 11) is 0. The van der Waals surface area contributed by atoms with Crippen LogP contribution in [-0.2, 0) is 18.9 Å². The number of rotatable bonds is 4. The maximum Gasteiger partial charge on any atom is 0.162 e. The van der Waals surface area contributed by atoms with Crippen molar-refractivity contribution in [3.05, 3.63) is 18.2 Å². The zero-order valence-corrected chi connectivity index (χ0v) is 17.1. The number of benzene rings is 1. The topological polar surface area (TPSA) is 55.4 Å². The van der Waals surface area contributed by atoms with E-state index in [9.17, 15) is 0 Å². The van der Waals surface area contributed by atoms with Crippen LogP contribution < -0.4 is 9.47 Å². The van der Waals surface area contributed by atoms with Crippen LogP contribution in [0.2, 0.25) is 0 Å². The van der Waals surface area contributed by atoms with Crippen LogP contribution >= 0.6 is 11.8 Å². The molecule has 0 N–H and O–H groups in total. The van der Waals surface area contributed by atoms with Crippen molar-refractivity contribution in [3.63, 3.8) is 0 Å². The van der Waals surface area contributed by atoms with E-state index in [1.165, 1.54) is 17.7 Å². The Labute approximate surface area is 166 Å². The summed E-state index contributed by atoms with van der Waals surface area (Å²) in [6.45, 7) is 7.49. The van der Waals surface area contributed by atoms with E-state index in [2.05, 4.69) is 13.0 Å². The molecule has 0 atom stereocenters. The normalized spacial score (nSPS) is 18.4. The van der Waals surface area contributed by atoms with Gasteiger partial charge in [0.25, 0.3) is 0 Å². The second-order valence-corrected chi connectivity index (χ2v) is 7.13. The third kappa shape index (κ3) is 10.2. The molecule has 0 saturated heterocycles. The molecule has 0 radical (unpaired) electrons. The second-order valence-electron chi connectivity index (χ2n) is 5.96. The molecule has 0 unspecified atom stereocenters. The van der Waals surface area contributed by atoms with Gasteiger partial charge in [-0.25, -0.2) is 0 Å². The lowest BCUT2D eigenvalue weighted by Gasteiger charge is -2.15. The molecule has 1 aliphatic heterocycles. The van der Waals surface area contributed by atoms with Gasteiger partial charge >= 0.3 is 0 Å². The lowest BCUT2D eigenvalue weighted by molar-refractivity contribution is -0.00842. The van der Waals surface area contributed by atoms with Crippen LogP contribution in [0, 0.1) is 0 Å². The van der Waals surface area contributed by atoms with Gasteiger partial charge < -0.3 is 28.4 Å². The van der Waals surface area contributed by atoms with Crippen LogP contribution in [-0.4, -0.2) is 71.8 Å². The number of ether oxygens (including phenoxy) is 6. The van der Waals surface area contributed by atoms with Gasteiger partial charge in [-0.2, -0.15) is 0 Å². The first-order valence-electron chi connectivity index (χ1n) is 9.73. The Balaban J connectivity index is 1.89. The van der Waals surface area contributed by atoms with E-state index in [-0.39, 0.29) is 0 Å². The molecule has 0 amide bonds. The van der Waals surface area contributed by atoms with Crippen LogP contribution in [0.4, 0.5) is 0 Å². The Bertz CT molecular complexity index is 499. The average Bonchev–Trinajstić information content (AvgIpc) is 2.68. The number of unbranched alkanes of at least 4 members (excludes halogenated alkanes) is 1. The third-order valence-corrected chi connectivity index (χ3v) is 4.85. The van der Waals surface area contributed by atoms with Crippen molar-refractivity contribution in [1.29, 1.82) is 0 Å². The zero-order valence-electron chi connectivity index (χ0n) is 16.3. The number of thioether (sulfide) groups is 1. The van der Waals surface area contributed by atoms with E-state index in [0.29, 0.717) is 66.1 Å². The number of hydrogen-bond acceptors (Lipinski definition) is 7. The third-order valence-electron chi connectivity index (χ3n) is 3.77. The Hall–Kier alpha value is -0.990. The van der Waals surface area contributed by atoms with E-state index in [4.69, 9.17) is 28.4 Å². The van der Waals surface area contributed by atoms with E-state index >= 15 is 0 Å². The molecule has 0 fully saturated rings. The largest absolute Gasteiger partial charge is 0.487 e. The van der Waals surface area contributed by atoms with E-state index in [1.807, 2.05) is 23.9 Å². The molecule has 1 aliphatic rings. The lowest BCUT2D eigenvalue weighted by atomic mass is 10.3. The molecule has 7 heteroatoms. The van der Waals surface area contributed by atoms with Crippen LogP contribution in [0.25, 0.3) is 0 Å². The van der Waals surface area contributed by atoms with E-state index in [1.54, 1.807) is 0 Å². The number of hydrogen-bond donors (Lipinski definition) is 0. The minimum absolute atomic E-state index is 0.471. The summed E-state index contributed by atoms with van der Waals surface area (Å²) in [5, 5.41) is 0. The van der Waals surface area contributed by atoms with Gasteiger partial charge in [-0.3, -0.25) is 0 Å². The van der Waals surface area contributed by atoms with Crippen molar-refractivity contribution in [2.45, 2.75) is 24.7 Å². The highest BCUT2D eigenvalue weighted by molar-refractivity contribution is 7.99. The maximum absolute atomic E-state index is 5.92. The zero-order chi connectivity index (χ0) is 19.0. The van der Waals surface area contributed by atoms with Crippen LogP contribution in [0.1, 0.15) is 19.8 Å². The molecule has 154 valence electrons. The second kappa shape index (κ2) is 15.0. The fourth-order valence-corrected chi connectivity index (χ4v) is 3.35. The van der Waals surface area contributed by atoms with E-state index < -0.39 is 0 Å². The fraction of sp³-hybridized carbons (Fsp3) is 0.700. The molecular formula is C20H32O6S. The van der Waals surface area contributed by atoms with Gasteiger partial charge in [0.15, 0.2) is 11.5 Å². The van der Waals surface area contributed by atoms with Crippen LogP contribution in [0.5, 0.6) is 11.5 Å². The van der Waals surface area contributed by atoms with Gasteiger partial charge in [-0.1, -0.05) is 13.3 Å². The van der Waals surface area contributed by atoms with Gasteiger partial charge in [-0.05, 0) is 30.4 Å². The quantitative estimate of drug-likeness (QED) is 0.567. The molecule has 0 saturated carbocycles. The molecule has 1 aromatic rings. The molecule has 6 nitrogen and oxygen atoms in total. The smallest absolute Gasteiger partial charge is 0.162 e. The Morgan fingerprint density at radius 1 is 0.704 bits per heavy atom. The highest BCUT2D eigenvalue weighted by atomic mass is 32.2. The van der Waals surface area contributed by atoms with Crippen molar-refractivity contribution in [1.82, 2.24) is 0 Å². The molecule has 1 heterocycles. The van der Waals surface area contributed by atoms with Gasteiger partial charge in [-0.15, -0.1) is 11.8 Å². The molecule has 0 bridgehead atoms. The first kappa shape index (κ1) is 22.3. The minimum atomic E-state index is 0.471. The summed E-state index contributed by atoms with van der Waals surface area (Å²) in [5.74, 6) is 2.59. The molecule has 0 aliphatic carbocycles. The highest BCUT2D eigenvalue weighted by Gasteiger charge is 2.08. The summed E-state index contributed by atoms with van der Waals surface area (Å²) < 4.78 is 33.7. The van der Waals surface area contributed by atoms with Crippen molar-refractivity contribution in [2.24, 2.45) is 0 Å². The highest BCUT2D eigenvalue weighted by Crippen LogP contribution is 2.32. The Morgan fingerprint density at radius 3 is 1.78 bits per heavy atom. The number of fused-ring (bicyclic) bond motifs is 1. The summed E-state index contributed by atoms with van der Waals surface area (Å²) in [6.07, 6.45) is 2.40. The van der Waals surface area contributed by atoms with Crippen molar-refractivity contribution in [3.8, 4) is 11.5 Å². The van der Waals surface area contributed by atoms with Gasteiger partial charge in [0.1, 0.15) is 13.2 Å².